The van der Waals surface area contributed by atoms with E-state index >= 15 is 0 Å². The number of benzene rings is 1. The molecule has 0 spiro atoms. The fourth-order valence-corrected chi connectivity index (χ4v) is 3.53. The van der Waals surface area contributed by atoms with Crippen molar-refractivity contribution in [1.82, 2.24) is 4.72 Å². The molecular weight excluding hydrogens is 326 g/mol. The number of hydrogen-bond donors (Lipinski definition) is 1. The van der Waals surface area contributed by atoms with Crippen LogP contribution < -0.4 is 9.62 Å². The molecule has 1 aliphatic heterocycles. The average molecular weight is 349 g/mol. The van der Waals surface area contributed by atoms with Crippen molar-refractivity contribution in [3.05, 3.63) is 34.7 Å². The van der Waals surface area contributed by atoms with Crippen molar-refractivity contribution in [3.63, 3.8) is 0 Å². The van der Waals surface area contributed by atoms with Gasteiger partial charge in [-0.2, -0.15) is 5.26 Å². The molecule has 0 radical (unpaired) electrons. The van der Waals surface area contributed by atoms with Crippen LogP contribution >= 0.6 is 0 Å². The molecule has 1 aliphatic rings. The van der Waals surface area contributed by atoms with Crippen LogP contribution in [-0.2, 0) is 14.8 Å². The van der Waals surface area contributed by atoms with Gasteiger partial charge in [-0.05, 0) is 43.0 Å². The minimum Gasteiger partial charge on any atom is -0.383 e. The molecule has 0 amide bonds. The predicted octanol–water partition coefficient (Wildman–Crippen LogP) is 2.11. The van der Waals surface area contributed by atoms with Gasteiger partial charge in [0.2, 0.25) is 0 Å². The standard InChI is InChI=1S/C17H23N3O3S/c1-23-12-9-19-24(21,22)17(14-18)13-15-5-7-16(8-6-15)20-10-3-2-4-11-20/h5-8,13,19H,2-4,9-12H2,1H3/b17-13+. The summed E-state index contributed by atoms with van der Waals surface area (Å²) in [5.41, 5.74) is 1.82. The van der Waals surface area contributed by atoms with Crippen LogP contribution in [0.2, 0.25) is 0 Å². The molecule has 0 aliphatic carbocycles. The molecule has 6 nitrogen and oxygen atoms in total. The summed E-state index contributed by atoms with van der Waals surface area (Å²) in [6, 6.07) is 9.37. The summed E-state index contributed by atoms with van der Waals surface area (Å²) in [7, 11) is -2.33. The number of sulfonamides is 1. The number of allylic oxidation sites excluding steroid dienone is 1. The highest BCUT2D eigenvalue weighted by atomic mass is 32.2. The minimum absolute atomic E-state index is 0.131. The van der Waals surface area contributed by atoms with Crippen molar-refractivity contribution in [2.75, 3.05) is 38.3 Å². The quantitative estimate of drug-likeness (QED) is 0.602. The third kappa shape index (κ3) is 5.06. The zero-order valence-electron chi connectivity index (χ0n) is 13.9. The summed E-state index contributed by atoms with van der Waals surface area (Å²) in [6.07, 6.45) is 5.06. The third-order valence-electron chi connectivity index (χ3n) is 3.91. The van der Waals surface area contributed by atoms with E-state index < -0.39 is 10.0 Å². The second-order valence-corrected chi connectivity index (χ2v) is 7.39. The van der Waals surface area contributed by atoms with E-state index in [2.05, 4.69) is 9.62 Å². The summed E-state index contributed by atoms with van der Waals surface area (Å²) in [6.45, 7) is 2.49. The Kier molecular flexibility index (Phi) is 6.79. The Balaban J connectivity index is 2.11. The fraction of sp³-hybridized carbons (Fsp3) is 0.471. The number of ether oxygens (including phenoxy) is 1. The number of nitrogens with zero attached hydrogens (tertiary/aromatic N) is 2. The highest BCUT2D eigenvalue weighted by molar-refractivity contribution is 7.93. The van der Waals surface area contributed by atoms with Gasteiger partial charge in [0.15, 0.2) is 4.91 Å². The number of nitriles is 1. The van der Waals surface area contributed by atoms with Crippen LogP contribution in [0.3, 0.4) is 0 Å². The van der Waals surface area contributed by atoms with Crippen LogP contribution in [0.5, 0.6) is 0 Å². The van der Waals surface area contributed by atoms with Gasteiger partial charge in [-0.1, -0.05) is 12.1 Å². The van der Waals surface area contributed by atoms with Gasteiger partial charge in [0.1, 0.15) is 6.07 Å². The van der Waals surface area contributed by atoms with Crippen molar-refractivity contribution in [1.29, 1.82) is 5.26 Å². The summed E-state index contributed by atoms with van der Waals surface area (Å²) in [5.74, 6) is 0. The van der Waals surface area contributed by atoms with Crippen LogP contribution in [0.4, 0.5) is 5.69 Å². The normalized spacial score (nSPS) is 16.0. The summed E-state index contributed by atoms with van der Waals surface area (Å²) in [5, 5.41) is 9.16. The zero-order valence-corrected chi connectivity index (χ0v) is 14.7. The molecule has 7 heteroatoms. The molecule has 1 aromatic rings. The van der Waals surface area contributed by atoms with Crippen LogP contribution in [-0.4, -0.2) is 41.8 Å². The maximum atomic E-state index is 12.1. The van der Waals surface area contributed by atoms with E-state index in [-0.39, 0.29) is 18.1 Å². The van der Waals surface area contributed by atoms with Gasteiger partial charge in [-0.3, -0.25) is 0 Å². The maximum absolute atomic E-state index is 12.1. The molecule has 0 aromatic heterocycles. The van der Waals surface area contributed by atoms with E-state index in [1.165, 1.54) is 32.4 Å². The number of piperidine rings is 1. The highest BCUT2D eigenvalue weighted by Gasteiger charge is 2.17. The van der Waals surface area contributed by atoms with E-state index in [0.717, 1.165) is 18.8 Å². The molecule has 1 heterocycles. The van der Waals surface area contributed by atoms with Crippen LogP contribution in [0.1, 0.15) is 24.8 Å². The first-order chi connectivity index (χ1) is 11.6. The SMILES string of the molecule is COCCNS(=O)(=O)/C(C#N)=C/c1ccc(N2CCCCC2)cc1. The van der Waals surface area contributed by atoms with Crippen LogP contribution in [0.15, 0.2) is 29.2 Å². The highest BCUT2D eigenvalue weighted by Crippen LogP contribution is 2.21. The van der Waals surface area contributed by atoms with E-state index in [4.69, 9.17) is 10.00 Å². The number of nitrogens with one attached hydrogen (secondary N) is 1. The monoisotopic (exact) mass is 349 g/mol. The lowest BCUT2D eigenvalue weighted by atomic mass is 10.1. The van der Waals surface area contributed by atoms with Gasteiger partial charge >= 0.3 is 0 Å². The van der Waals surface area contributed by atoms with Gasteiger partial charge in [-0.15, -0.1) is 0 Å². The van der Waals surface area contributed by atoms with E-state index in [0.29, 0.717) is 5.56 Å². The number of anilines is 1. The second kappa shape index (κ2) is 8.83. The Bertz CT molecular complexity index is 700. The lowest BCUT2D eigenvalue weighted by Gasteiger charge is -2.28. The number of methoxy groups -OCH3 is 1. The minimum atomic E-state index is -3.81. The summed E-state index contributed by atoms with van der Waals surface area (Å²) >= 11 is 0. The molecule has 24 heavy (non-hydrogen) atoms. The molecule has 0 bridgehead atoms. The van der Waals surface area contributed by atoms with Crippen molar-refractivity contribution in [3.8, 4) is 6.07 Å². The first-order valence-corrected chi connectivity index (χ1v) is 9.50. The maximum Gasteiger partial charge on any atom is 0.250 e. The molecule has 1 aromatic carbocycles. The van der Waals surface area contributed by atoms with E-state index in [1.54, 1.807) is 6.07 Å². The molecule has 0 atom stereocenters. The van der Waals surface area contributed by atoms with Crippen molar-refractivity contribution in [2.24, 2.45) is 0 Å². The van der Waals surface area contributed by atoms with E-state index in [9.17, 15) is 8.42 Å². The molecule has 1 fully saturated rings. The number of rotatable bonds is 7. The van der Waals surface area contributed by atoms with Crippen LogP contribution in [0, 0.1) is 11.3 Å². The Labute approximate surface area is 143 Å². The van der Waals surface area contributed by atoms with Gasteiger partial charge in [0, 0.05) is 32.4 Å². The summed E-state index contributed by atoms with van der Waals surface area (Å²) in [4.78, 5) is 2.02. The fourth-order valence-electron chi connectivity index (χ4n) is 2.61. The molecular formula is C17H23N3O3S. The van der Waals surface area contributed by atoms with Crippen LogP contribution in [0.25, 0.3) is 6.08 Å². The Hall–Kier alpha value is -1.88. The molecule has 2 rings (SSSR count). The first-order valence-electron chi connectivity index (χ1n) is 8.02. The molecule has 1 N–H and O–H groups in total. The largest absolute Gasteiger partial charge is 0.383 e. The summed E-state index contributed by atoms with van der Waals surface area (Å²) < 4.78 is 31.3. The van der Waals surface area contributed by atoms with E-state index in [1.807, 2.05) is 24.3 Å². The lowest BCUT2D eigenvalue weighted by Crippen LogP contribution is -2.29. The third-order valence-corrected chi connectivity index (χ3v) is 5.28. The molecule has 1 saturated heterocycles. The molecule has 0 unspecified atom stereocenters. The zero-order chi connectivity index (χ0) is 17.4. The Morgan fingerprint density at radius 3 is 2.54 bits per heavy atom. The topological polar surface area (TPSA) is 82.4 Å². The van der Waals surface area contributed by atoms with Crippen molar-refractivity contribution < 1.29 is 13.2 Å². The molecule has 0 saturated carbocycles. The van der Waals surface area contributed by atoms with Gasteiger partial charge < -0.3 is 9.64 Å². The van der Waals surface area contributed by atoms with Crippen molar-refractivity contribution in [2.45, 2.75) is 19.3 Å². The molecule has 130 valence electrons. The van der Waals surface area contributed by atoms with Gasteiger partial charge in [0.25, 0.3) is 10.0 Å². The Morgan fingerprint density at radius 2 is 1.96 bits per heavy atom. The van der Waals surface area contributed by atoms with Gasteiger partial charge in [0.05, 0.1) is 6.61 Å². The smallest absolute Gasteiger partial charge is 0.250 e. The lowest BCUT2D eigenvalue weighted by molar-refractivity contribution is 0.204. The Morgan fingerprint density at radius 1 is 1.29 bits per heavy atom. The average Bonchev–Trinajstić information content (AvgIpc) is 2.61. The first kappa shape index (κ1) is 18.5. The predicted molar refractivity (Wildman–Crippen MR) is 94.9 cm³/mol. The number of hydrogen-bond acceptors (Lipinski definition) is 5. The van der Waals surface area contributed by atoms with Gasteiger partial charge in [-0.25, -0.2) is 13.1 Å². The van der Waals surface area contributed by atoms with Crippen molar-refractivity contribution >= 4 is 21.8 Å². The second-order valence-electron chi connectivity index (χ2n) is 5.65.